The zero-order chi connectivity index (χ0) is 14.7. The van der Waals surface area contributed by atoms with E-state index < -0.39 is 0 Å². The smallest absolute Gasteiger partial charge is 0.308 e. The maximum atomic E-state index is 12.5. The molecule has 3 rings (SSSR count). The molecule has 0 spiro atoms. The van der Waals surface area contributed by atoms with E-state index in [9.17, 15) is 4.79 Å². The van der Waals surface area contributed by atoms with Gasteiger partial charge < -0.3 is 10.2 Å². The standard InChI is InChI=1S/C16H15ClN2OS/c17-13-6-4-5-12(11-13)15-19(9-10-21-15)16(20)18-14-7-2-1-3-8-14/h1-8,11,15H,9-10H2,(H,18,20). The van der Waals surface area contributed by atoms with Crippen LogP contribution in [-0.4, -0.2) is 23.2 Å². The second kappa shape index (κ2) is 6.41. The second-order valence-corrected chi connectivity index (χ2v) is 6.39. The third kappa shape index (κ3) is 3.34. The lowest BCUT2D eigenvalue weighted by molar-refractivity contribution is 0.214. The number of para-hydroxylation sites is 1. The number of nitrogens with one attached hydrogen (secondary N) is 1. The van der Waals surface area contributed by atoms with Gasteiger partial charge in [0.25, 0.3) is 0 Å². The van der Waals surface area contributed by atoms with Crippen molar-refractivity contribution in [1.82, 2.24) is 4.90 Å². The number of carbonyl (C=O) groups excluding carboxylic acids is 1. The van der Waals surface area contributed by atoms with Crippen LogP contribution in [0.2, 0.25) is 5.02 Å². The molecule has 0 bridgehead atoms. The maximum Gasteiger partial charge on any atom is 0.323 e. The first-order chi connectivity index (χ1) is 10.2. The van der Waals surface area contributed by atoms with Gasteiger partial charge in [0, 0.05) is 23.0 Å². The number of amides is 2. The fourth-order valence-corrected chi connectivity index (χ4v) is 3.78. The number of rotatable bonds is 2. The van der Waals surface area contributed by atoms with E-state index in [1.165, 1.54) is 0 Å². The largest absolute Gasteiger partial charge is 0.323 e. The lowest BCUT2D eigenvalue weighted by Crippen LogP contribution is -2.34. The SMILES string of the molecule is O=C(Nc1ccccc1)N1CCSC1c1cccc(Cl)c1. The molecule has 1 saturated heterocycles. The molecule has 0 aliphatic carbocycles. The molecular weight excluding hydrogens is 304 g/mol. The van der Waals surface area contributed by atoms with Crippen LogP contribution in [0.3, 0.4) is 0 Å². The van der Waals surface area contributed by atoms with E-state index in [0.29, 0.717) is 5.02 Å². The van der Waals surface area contributed by atoms with Crippen LogP contribution in [0.25, 0.3) is 0 Å². The van der Waals surface area contributed by atoms with Gasteiger partial charge in [-0.2, -0.15) is 0 Å². The summed E-state index contributed by atoms with van der Waals surface area (Å²) in [6, 6.07) is 17.1. The van der Waals surface area contributed by atoms with Crippen LogP contribution in [-0.2, 0) is 0 Å². The van der Waals surface area contributed by atoms with Crippen LogP contribution in [0.15, 0.2) is 54.6 Å². The average molecular weight is 319 g/mol. The van der Waals surface area contributed by atoms with Gasteiger partial charge in [-0.1, -0.05) is 41.9 Å². The van der Waals surface area contributed by atoms with Crippen LogP contribution in [0.5, 0.6) is 0 Å². The highest BCUT2D eigenvalue weighted by Gasteiger charge is 2.30. The summed E-state index contributed by atoms with van der Waals surface area (Å²) in [4.78, 5) is 14.3. The van der Waals surface area contributed by atoms with Crippen molar-refractivity contribution < 1.29 is 4.79 Å². The molecule has 2 aromatic carbocycles. The minimum absolute atomic E-state index is 0.0208. The monoisotopic (exact) mass is 318 g/mol. The zero-order valence-electron chi connectivity index (χ0n) is 11.3. The predicted molar refractivity (Wildman–Crippen MR) is 88.8 cm³/mol. The Hall–Kier alpha value is -1.65. The molecule has 108 valence electrons. The fraction of sp³-hybridized carbons (Fsp3) is 0.188. The normalized spacial score (nSPS) is 17.8. The second-order valence-electron chi connectivity index (χ2n) is 4.77. The number of urea groups is 1. The molecule has 5 heteroatoms. The summed E-state index contributed by atoms with van der Waals surface area (Å²) in [5.41, 5.74) is 1.87. The Morgan fingerprint density at radius 1 is 1.19 bits per heavy atom. The van der Waals surface area contributed by atoms with Gasteiger partial charge in [-0.05, 0) is 29.8 Å². The molecule has 21 heavy (non-hydrogen) atoms. The van der Waals surface area contributed by atoms with Gasteiger partial charge in [0.2, 0.25) is 0 Å². The average Bonchev–Trinajstić information content (AvgIpc) is 2.98. The summed E-state index contributed by atoms with van der Waals surface area (Å²) >= 11 is 7.81. The fourth-order valence-electron chi connectivity index (χ4n) is 2.33. The zero-order valence-corrected chi connectivity index (χ0v) is 12.9. The van der Waals surface area contributed by atoms with E-state index in [1.807, 2.05) is 59.5 Å². The van der Waals surface area contributed by atoms with Gasteiger partial charge in [0.05, 0.1) is 0 Å². The van der Waals surface area contributed by atoms with Crippen LogP contribution in [0, 0.1) is 0 Å². The molecule has 3 nitrogen and oxygen atoms in total. The molecule has 1 aliphatic heterocycles. The molecule has 1 heterocycles. The Labute approximate surface area is 133 Å². The van der Waals surface area contributed by atoms with Crippen molar-refractivity contribution in [1.29, 1.82) is 0 Å². The topological polar surface area (TPSA) is 32.3 Å². The van der Waals surface area contributed by atoms with Crippen molar-refractivity contribution in [2.75, 3.05) is 17.6 Å². The number of hydrogen-bond acceptors (Lipinski definition) is 2. The molecule has 0 saturated carbocycles. The van der Waals surface area contributed by atoms with E-state index in [-0.39, 0.29) is 11.4 Å². The lowest BCUT2D eigenvalue weighted by atomic mass is 10.2. The van der Waals surface area contributed by atoms with Gasteiger partial charge in [0.1, 0.15) is 5.37 Å². The molecule has 1 fully saturated rings. The molecule has 2 amide bonds. The van der Waals surface area contributed by atoms with Crippen molar-refractivity contribution in [2.45, 2.75) is 5.37 Å². The van der Waals surface area contributed by atoms with Crippen molar-refractivity contribution >= 4 is 35.1 Å². The molecule has 1 N–H and O–H groups in total. The minimum Gasteiger partial charge on any atom is -0.308 e. The lowest BCUT2D eigenvalue weighted by Gasteiger charge is -2.24. The van der Waals surface area contributed by atoms with Crippen LogP contribution in [0.4, 0.5) is 10.5 Å². The Bertz CT molecular complexity index is 635. The number of thioether (sulfide) groups is 1. The highest BCUT2D eigenvalue weighted by atomic mass is 35.5. The van der Waals surface area contributed by atoms with Gasteiger partial charge in [0.15, 0.2) is 0 Å². The summed E-state index contributed by atoms with van der Waals surface area (Å²) in [5.74, 6) is 0.930. The summed E-state index contributed by atoms with van der Waals surface area (Å²) in [7, 11) is 0. The van der Waals surface area contributed by atoms with Crippen molar-refractivity contribution in [3.63, 3.8) is 0 Å². The molecular formula is C16H15ClN2OS. The van der Waals surface area contributed by atoms with Gasteiger partial charge in [-0.25, -0.2) is 4.79 Å². The predicted octanol–water partition coefficient (Wildman–Crippen LogP) is 4.62. The maximum absolute atomic E-state index is 12.5. The van der Waals surface area contributed by atoms with Crippen LogP contribution >= 0.6 is 23.4 Å². The molecule has 1 aliphatic rings. The van der Waals surface area contributed by atoms with Crippen LogP contribution in [0.1, 0.15) is 10.9 Å². The van der Waals surface area contributed by atoms with E-state index in [1.54, 1.807) is 11.8 Å². The molecule has 0 aromatic heterocycles. The number of benzene rings is 2. The van der Waals surface area contributed by atoms with E-state index in [0.717, 1.165) is 23.5 Å². The van der Waals surface area contributed by atoms with E-state index >= 15 is 0 Å². The number of nitrogens with zero attached hydrogens (tertiary/aromatic N) is 1. The van der Waals surface area contributed by atoms with Gasteiger partial charge in [-0.15, -0.1) is 11.8 Å². The Morgan fingerprint density at radius 2 is 2.00 bits per heavy atom. The summed E-state index contributed by atoms with van der Waals surface area (Å²) < 4.78 is 0. The van der Waals surface area contributed by atoms with E-state index in [2.05, 4.69) is 5.32 Å². The first kappa shape index (κ1) is 14.3. The number of anilines is 1. The Kier molecular flexibility index (Phi) is 4.36. The molecule has 2 aromatic rings. The van der Waals surface area contributed by atoms with Crippen molar-refractivity contribution in [3.05, 3.63) is 65.2 Å². The minimum atomic E-state index is -0.0730. The van der Waals surface area contributed by atoms with E-state index in [4.69, 9.17) is 11.6 Å². The van der Waals surface area contributed by atoms with Gasteiger partial charge >= 0.3 is 6.03 Å². The Balaban J connectivity index is 1.76. The molecule has 1 atom stereocenters. The van der Waals surface area contributed by atoms with Crippen molar-refractivity contribution in [2.24, 2.45) is 0 Å². The highest BCUT2D eigenvalue weighted by molar-refractivity contribution is 7.99. The Morgan fingerprint density at radius 3 is 2.76 bits per heavy atom. The summed E-state index contributed by atoms with van der Waals surface area (Å²) in [5, 5.41) is 3.66. The molecule has 0 radical (unpaired) electrons. The third-order valence-electron chi connectivity index (χ3n) is 3.31. The number of carbonyl (C=O) groups is 1. The highest BCUT2D eigenvalue weighted by Crippen LogP contribution is 2.38. The number of hydrogen-bond donors (Lipinski definition) is 1. The van der Waals surface area contributed by atoms with Crippen LogP contribution < -0.4 is 5.32 Å². The summed E-state index contributed by atoms with van der Waals surface area (Å²) in [6.07, 6.45) is 0. The first-order valence-corrected chi connectivity index (χ1v) is 8.16. The third-order valence-corrected chi connectivity index (χ3v) is 4.81. The van der Waals surface area contributed by atoms with Gasteiger partial charge in [-0.3, -0.25) is 0 Å². The first-order valence-electron chi connectivity index (χ1n) is 6.74. The quantitative estimate of drug-likeness (QED) is 0.876. The summed E-state index contributed by atoms with van der Waals surface area (Å²) in [6.45, 7) is 0.737. The molecule has 1 unspecified atom stereocenters. The van der Waals surface area contributed by atoms with Crippen molar-refractivity contribution in [3.8, 4) is 0 Å². The number of halogens is 1.